The van der Waals surface area contributed by atoms with Crippen molar-refractivity contribution in [3.05, 3.63) is 40.5 Å². The van der Waals surface area contributed by atoms with Crippen molar-refractivity contribution in [2.75, 3.05) is 18.5 Å². The first kappa shape index (κ1) is 16.6. The summed E-state index contributed by atoms with van der Waals surface area (Å²) in [4.78, 5) is 7.72. The van der Waals surface area contributed by atoms with E-state index in [4.69, 9.17) is 21.1 Å². The molecule has 1 aromatic heterocycles. The van der Waals surface area contributed by atoms with Crippen LogP contribution in [0.1, 0.15) is 13.3 Å². The van der Waals surface area contributed by atoms with Crippen molar-refractivity contribution >= 4 is 44.3 Å². The number of allylic oxidation sites excluding steroid dienone is 3. The molecule has 2 heterocycles. The Kier molecular flexibility index (Phi) is 4.08. The lowest BCUT2D eigenvalue weighted by molar-refractivity contribution is 0.172. The summed E-state index contributed by atoms with van der Waals surface area (Å²) in [5.74, 6) is 1.32. The van der Waals surface area contributed by atoms with Gasteiger partial charge in [0.25, 0.3) is 0 Å². The molecule has 2 aliphatic rings. The summed E-state index contributed by atoms with van der Waals surface area (Å²) in [6.07, 6.45) is 3.63. The Bertz CT molecular complexity index is 929. The van der Waals surface area contributed by atoms with Gasteiger partial charge in [0.05, 0.1) is 20.6 Å². The van der Waals surface area contributed by atoms with E-state index in [1.165, 1.54) is 6.33 Å². The van der Waals surface area contributed by atoms with Gasteiger partial charge >= 0.3 is 0 Å². The lowest BCUT2D eigenvalue weighted by Crippen LogP contribution is -2.22. The van der Waals surface area contributed by atoms with Crippen LogP contribution in [0.25, 0.3) is 10.9 Å². The Labute approximate surface area is 157 Å². The molecule has 0 fully saturated rings. The molecule has 2 aromatic rings. The Morgan fingerprint density at radius 2 is 1.96 bits per heavy atom. The minimum Gasteiger partial charge on any atom is -0.486 e. The molecule has 0 saturated carbocycles. The predicted octanol–water partition coefficient (Wildman–Crippen LogP) is 4.67. The first-order valence-corrected chi connectivity index (χ1v) is 8.89. The molecule has 1 atom stereocenters. The monoisotopic (exact) mass is 425 g/mol. The van der Waals surface area contributed by atoms with Gasteiger partial charge in [0, 0.05) is 11.5 Å². The molecular formula is C17H14BrClFN3O2. The van der Waals surface area contributed by atoms with Crippen molar-refractivity contribution < 1.29 is 13.9 Å². The van der Waals surface area contributed by atoms with Gasteiger partial charge in [0.15, 0.2) is 17.3 Å². The summed E-state index contributed by atoms with van der Waals surface area (Å²) < 4.78 is 26.1. The highest BCUT2D eigenvalue weighted by Crippen LogP contribution is 2.42. The molecule has 1 unspecified atom stereocenters. The van der Waals surface area contributed by atoms with Crippen LogP contribution in [-0.2, 0) is 0 Å². The van der Waals surface area contributed by atoms with Crippen LogP contribution in [0, 0.1) is 0 Å². The molecule has 0 spiro atoms. The fourth-order valence-corrected chi connectivity index (χ4v) is 3.28. The number of alkyl halides is 1. The van der Waals surface area contributed by atoms with Crippen LogP contribution < -0.4 is 14.8 Å². The molecule has 0 bridgehead atoms. The molecule has 1 N–H and O–H groups in total. The molecule has 4 rings (SSSR count). The molecule has 25 heavy (non-hydrogen) atoms. The van der Waals surface area contributed by atoms with Crippen LogP contribution in [0.5, 0.6) is 11.5 Å². The van der Waals surface area contributed by atoms with Crippen LogP contribution in [0.15, 0.2) is 40.5 Å². The van der Waals surface area contributed by atoms with Gasteiger partial charge in [-0.1, -0.05) is 22.0 Å². The number of rotatable bonds is 2. The number of anilines is 1. The van der Waals surface area contributed by atoms with Crippen molar-refractivity contribution in [2.24, 2.45) is 0 Å². The molecular weight excluding hydrogens is 413 g/mol. The lowest BCUT2D eigenvalue weighted by Gasteiger charge is -2.26. The van der Waals surface area contributed by atoms with E-state index in [0.717, 1.165) is 5.39 Å². The smallest absolute Gasteiger partial charge is 0.163 e. The number of fused-ring (bicyclic) bond motifs is 2. The standard InChI is InChI=1S/C17H14BrClFN3O2/c1-17(19)3-2-10(14(20)15(17)18)23-16-9-6-12-13(25-5-4-24-12)7-11(9)21-8-22-16/h2,6-8H,3-5H2,1H3,(H,21,22,23). The topological polar surface area (TPSA) is 56.3 Å². The van der Waals surface area contributed by atoms with Gasteiger partial charge in [-0.25, -0.2) is 14.4 Å². The summed E-state index contributed by atoms with van der Waals surface area (Å²) in [6.45, 7) is 2.75. The van der Waals surface area contributed by atoms with Crippen LogP contribution in [-0.4, -0.2) is 28.1 Å². The number of nitrogens with one attached hydrogen (secondary N) is 1. The maximum absolute atomic E-state index is 14.6. The predicted molar refractivity (Wildman–Crippen MR) is 98.2 cm³/mol. The first-order chi connectivity index (χ1) is 12.0. The molecule has 130 valence electrons. The first-order valence-electron chi connectivity index (χ1n) is 7.72. The molecule has 8 heteroatoms. The number of hydrogen-bond acceptors (Lipinski definition) is 5. The van der Waals surface area contributed by atoms with E-state index in [1.807, 2.05) is 0 Å². The Hall–Kier alpha value is -1.86. The van der Waals surface area contributed by atoms with Crippen LogP contribution in [0.2, 0.25) is 0 Å². The average molecular weight is 427 g/mol. The lowest BCUT2D eigenvalue weighted by atomic mass is 9.99. The van der Waals surface area contributed by atoms with Crippen molar-refractivity contribution in [2.45, 2.75) is 18.2 Å². The second-order valence-corrected chi connectivity index (χ2v) is 7.63. The van der Waals surface area contributed by atoms with E-state index in [0.29, 0.717) is 52.6 Å². The Morgan fingerprint density at radius 3 is 2.72 bits per heavy atom. The summed E-state index contributed by atoms with van der Waals surface area (Å²) in [5, 5.41) is 3.76. The molecule has 0 saturated heterocycles. The second kappa shape index (κ2) is 6.14. The molecule has 1 aliphatic heterocycles. The zero-order chi connectivity index (χ0) is 17.6. The van der Waals surface area contributed by atoms with E-state index in [-0.39, 0.29) is 0 Å². The van der Waals surface area contributed by atoms with Crippen LogP contribution in [0.3, 0.4) is 0 Å². The van der Waals surface area contributed by atoms with Crippen molar-refractivity contribution in [1.82, 2.24) is 9.97 Å². The summed E-state index contributed by atoms with van der Waals surface area (Å²) in [6, 6.07) is 3.60. The fraction of sp³-hybridized carbons (Fsp3) is 0.294. The third kappa shape index (κ3) is 2.95. The highest BCUT2D eigenvalue weighted by Gasteiger charge is 2.32. The largest absolute Gasteiger partial charge is 0.486 e. The van der Waals surface area contributed by atoms with Crippen molar-refractivity contribution in [3.63, 3.8) is 0 Å². The van der Waals surface area contributed by atoms with Gasteiger partial charge in [-0.3, -0.25) is 0 Å². The zero-order valence-electron chi connectivity index (χ0n) is 13.3. The van der Waals surface area contributed by atoms with Gasteiger partial charge in [-0.2, -0.15) is 0 Å². The maximum atomic E-state index is 14.6. The quantitative estimate of drug-likeness (QED) is 0.707. The van der Waals surface area contributed by atoms with E-state index in [9.17, 15) is 4.39 Å². The van der Waals surface area contributed by atoms with Gasteiger partial charge in [-0.15, -0.1) is 11.6 Å². The second-order valence-electron chi connectivity index (χ2n) is 6.01. The van der Waals surface area contributed by atoms with Crippen molar-refractivity contribution in [3.8, 4) is 11.5 Å². The van der Waals surface area contributed by atoms with Gasteiger partial charge < -0.3 is 14.8 Å². The molecule has 0 radical (unpaired) electrons. The van der Waals surface area contributed by atoms with E-state index < -0.39 is 10.7 Å². The summed E-state index contributed by atoms with van der Waals surface area (Å²) in [5.41, 5.74) is 1.00. The number of ether oxygens (including phenoxy) is 2. The fourth-order valence-electron chi connectivity index (χ4n) is 2.75. The van der Waals surface area contributed by atoms with E-state index >= 15 is 0 Å². The highest BCUT2D eigenvalue weighted by atomic mass is 79.9. The molecule has 1 aromatic carbocycles. The summed E-state index contributed by atoms with van der Waals surface area (Å²) in [7, 11) is 0. The minimum absolute atomic E-state index is 0.319. The number of hydrogen-bond donors (Lipinski definition) is 1. The van der Waals surface area contributed by atoms with Gasteiger partial charge in [-0.05, 0) is 19.4 Å². The zero-order valence-corrected chi connectivity index (χ0v) is 15.6. The average Bonchev–Trinajstić information content (AvgIpc) is 2.61. The van der Waals surface area contributed by atoms with Gasteiger partial charge in [0.1, 0.15) is 25.4 Å². The van der Waals surface area contributed by atoms with Crippen LogP contribution >= 0.6 is 27.5 Å². The number of aromatic nitrogens is 2. The third-order valence-corrected chi connectivity index (χ3v) is 5.92. The number of nitrogens with zero attached hydrogens (tertiary/aromatic N) is 2. The minimum atomic E-state index is -0.784. The molecule has 0 amide bonds. The highest BCUT2D eigenvalue weighted by molar-refractivity contribution is 9.11. The Balaban J connectivity index is 1.74. The summed E-state index contributed by atoms with van der Waals surface area (Å²) >= 11 is 9.54. The number of halogens is 3. The third-order valence-electron chi connectivity index (χ3n) is 4.13. The van der Waals surface area contributed by atoms with Gasteiger partial charge in [0.2, 0.25) is 0 Å². The Morgan fingerprint density at radius 1 is 1.24 bits per heavy atom. The van der Waals surface area contributed by atoms with E-state index in [1.54, 1.807) is 25.1 Å². The number of benzene rings is 1. The maximum Gasteiger partial charge on any atom is 0.163 e. The SMILES string of the molecule is CC1(Cl)CC=C(Nc2ncnc3cc4c(cc23)OCCO4)C(F)=C1Br. The van der Waals surface area contributed by atoms with Crippen molar-refractivity contribution in [1.29, 1.82) is 0 Å². The van der Waals surface area contributed by atoms with Crippen LogP contribution in [0.4, 0.5) is 10.2 Å². The molecule has 1 aliphatic carbocycles. The molecule has 5 nitrogen and oxygen atoms in total. The van der Waals surface area contributed by atoms with E-state index in [2.05, 4.69) is 31.2 Å². The normalized spacial score (nSPS) is 22.8.